The van der Waals surface area contributed by atoms with Crippen molar-refractivity contribution in [2.75, 3.05) is 5.75 Å². The molecule has 1 aromatic rings. The summed E-state index contributed by atoms with van der Waals surface area (Å²) < 4.78 is 28.1. The van der Waals surface area contributed by atoms with Crippen LogP contribution in [0.25, 0.3) is 0 Å². The Morgan fingerprint density at radius 2 is 1.84 bits per heavy atom. The van der Waals surface area contributed by atoms with E-state index >= 15 is 0 Å². The second-order valence-corrected chi connectivity index (χ2v) is 8.49. The average molecular weight is 371 g/mol. The first-order valence-electron chi connectivity index (χ1n) is 8.53. The first-order chi connectivity index (χ1) is 11.7. The van der Waals surface area contributed by atoms with Crippen LogP contribution in [0.1, 0.15) is 71.1 Å². The summed E-state index contributed by atoms with van der Waals surface area (Å²) in [5.74, 6) is -0.0408. The third-order valence-corrected chi connectivity index (χ3v) is 5.48. The van der Waals surface area contributed by atoms with E-state index in [1.54, 1.807) is 19.1 Å². The summed E-state index contributed by atoms with van der Waals surface area (Å²) in [4.78, 5) is 4.69. The molecule has 1 atom stereocenters. The predicted molar refractivity (Wildman–Crippen MR) is 99.0 cm³/mol. The summed E-state index contributed by atoms with van der Waals surface area (Å²) in [7, 11) is -3.64. The molecule has 0 aliphatic carbocycles. The minimum absolute atomic E-state index is 0.0408. The highest BCUT2D eigenvalue weighted by Crippen LogP contribution is 2.38. The summed E-state index contributed by atoms with van der Waals surface area (Å²) in [6, 6.07) is 7.26. The van der Waals surface area contributed by atoms with Crippen molar-refractivity contribution in [1.82, 2.24) is 0 Å². The van der Waals surface area contributed by atoms with Gasteiger partial charge in [-0.1, -0.05) is 63.5 Å². The number of hydrogen-bond acceptors (Lipinski definition) is 6. The van der Waals surface area contributed by atoms with Crippen LogP contribution in [0.4, 0.5) is 0 Å². The molecule has 7 heteroatoms. The van der Waals surface area contributed by atoms with Crippen LogP contribution >= 0.6 is 0 Å². The summed E-state index contributed by atoms with van der Waals surface area (Å²) >= 11 is 0. The highest BCUT2D eigenvalue weighted by molar-refractivity contribution is 7.86. The number of unbranched alkanes of at least 4 members (excludes halogenated alkanes) is 1. The lowest BCUT2D eigenvalue weighted by molar-refractivity contribution is -0.305. The fourth-order valence-corrected chi connectivity index (χ4v) is 3.21. The Bertz CT molecular complexity index is 665. The lowest BCUT2D eigenvalue weighted by atomic mass is 9.80. The number of hydrogen-bond donors (Lipinski definition) is 1. The Morgan fingerprint density at radius 1 is 1.24 bits per heavy atom. The van der Waals surface area contributed by atoms with Crippen LogP contribution in [0.2, 0.25) is 0 Å². The van der Waals surface area contributed by atoms with Crippen molar-refractivity contribution < 1.29 is 22.8 Å². The Morgan fingerprint density at radius 3 is 2.32 bits per heavy atom. The second-order valence-electron chi connectivity index (χ2n) is 6.82. The molecular weight excluding hydrogens is 342 g/mol. The predicted octanol–water partition coefficient (Wildman–Crippen LogP) is 4.52. The van der Waals surface area contributed by atoms with Gasteiger partial charge < -0.3 is 0 Å². The first kappa shape index (κ1) is 21.6. The van der Waals surface area contributed by atoms with Gasteiger partial charge in [0.25, 0.3) is 0 Å². The van der Waals surface area contributed by atoms with Crippen LogP contribution in [0.15, 0.2) is 29.4 Å². The van der Waals surface area contributed by atoms with Crippen molar-refractivity contribution in [3.05, 3.63) is 35.4 Å². The zero-order chi connectivity index (χ0) is 19.1. The molecule has 1 N–H and O–H groups in total. The van der Waals surface area contributed by atoms with Gasteiger partial charge in [0.1, 0.15) is 6.10 Å². The minimum Gasteiger partial charge on any atom is -0.268 e. The van der Waals surface area contributed by atoms with E-state index in [4.69, 9.17) is 4.28 Å². The van der Waals surface area contributed by atoms with Crippen LogP contribution in [0.5, 0.6) is 0 Å². The lowest BCUT2D eigenvalue weighted by Gasteiger charge is -2.31. The molecule has 0 aliphatic rings. The summed E-state index contributed by atoms with van der Waals surface area (Å²) in [6.07, 6.45) is 1.70. The van der Waals surface area contributed by atoms with Gasteiger partial charge in [0.05, 0.1) is 11.5 Å². The maximum absolute atomic E-state index is 11.7. The van der Waals surface area contributed by atoms with Crippen molar-refractivity contribution in [2.45, 2.75) is 60.0 Å². The Labute approximate surface area is 150 Å². The highest BCUT2D eigenvalue weighted by Gasteiger charge is 2.30. The molecule has 0 saturated carbocycles. The van der Waals surface area contributed by atoms with E-state index in [1.165, 1.54) is 0 Å². The van der Waals surface area contributed by atoms with Gasteiger partial charge in [0.2, 0.25) is 0 Å². The molecular formula is C18H29NO5S. The molecule has 0 saturated heterocycles. The fraction of sp³-hybridized carbons (Fsp3) is 0.611. The van der Waals surface area contributed by atoms with Crippen LogP contribution in [-0.4, -0.2) is 25.1 Å². The zero-order valence-corrected chi connectivity index (χ0v) is 16.5. The first-order valence-corrected chi connectivity index (χ1v) is 10.1. The molecule has 1 aromatic carbocycles. The van der Waals surface area contributed by atoms with Crippen molar-refractivity contribution in [3.63, 3.8) is 0 Å². The number of benzene rings is 1. The van der Waals surface area contributed by atoms with Gasteiger partial charge in [0.15, 0.2) is 0 Å². The summed E-state index contributed by atoms with van der Waals surface area (Å²) in [5, 5.41) is 13.0. The van der Waals surface area contributed by atoms with Crippen molar-refractivity contribution in [2.24, 2.45) is 10.6 Å². The Kier molecular flexibility index (Phi) is 8.05. The van der Waals surface area contributed by atoms with Crippen molar-refractivity contribution >= 4 is 15.8 Å². The zero-order valence-electron chi connectivity index (χ0n) is 15.7. The molecule has 0 bridgehead atoms. The van der Waals surface area contributed by atoms with E-state index in [9.17, 15) is 13.7 Å². The topological polar surface area (TPSA) is 85.2 Å². The normalized spacial score (nSPS) is 14.4. The molecule has 142 valence electrons. The van der Waals surface area contributed by atoms with Crippen molar-refractivity contribution in [1.29, 1.82) is 0 Å². The van der Waals surface area contributed by atoms with E-state index in [0.717, 1.165) is 24.0 Å². The van der Waals surface area contributed by atoms with Gasteiger partial charge in [-0.15, -0.1) is 0 Å². The van der Waals surface area contributed by atoms with Gasteiger partial charge in [0, 0.05) is 0 Å². The third-order valence-electron chi connectivity index (χ3n) is 4.39. The Balaban J connectivity index is 2.89. The summed E-state index contributed by atoms with van der Waals surface area (Å²) in [5.41, 5.74) is 1.81. The van der Waals surface area contributed by atoms with Crippen LogP contribution in [-0.2, 0) is 19.3 Å². The van der Waals surface area contributed by atoms with E-state index in [1.807, 2.05) is 39.8 Å². The summed E-state index contributed by atoms with van der Waals surface area (Å²) in [6.45, 7) is 9.66. The van der Waals surface area contributed by atoms with Gasteiger partial charge in [-0.25, -0.2) is 4.89 Å². The van der Waals surface area contributed by atoms with E-state index in [0.29, 0.717) is 12.1 Å². The largest absolute Gasteiger partial charge is 0.328 e. The quantitative estimate of drug-likeness (QED) is 0.371. The van der Waals surface area contributed by atoms with Gasteiger partial charge in [-0.3, -0.25) is 9.54 Å². The standard InChI is InChI=1S/C18H29NO5S/c1-6-8-13-25(21,22)24-19-14(3)15-9-11-16(12-10-15)17(23-20)18(4,5)7-2/h9-12,17,20H,6-8,13H2,1-5H3/b19-14-. The molecule has 0 spiro atoms. The van der Waals surface area contributed by atoms with Crippen LogP contribution in [0.3, 0.4) is 0 Å². The molecule has 0 fully saturated rings. The molecule has 1 rings (SSSR count). The Hall–Kier alpha value is -1.44. The highest BCUT2D eigenvalue weighted by atomic mass is 32.2. The molecule has 1 unspecified atom stereocenters. The minimum atomic E-state index is -3.64. The number of rotatable bonds is 10. The van der Waals surface area contributed by atoms with E-state index in [-0.39, 0.29) is 11.2 Å². The SMILES string of the molecule is CCCCS(=O)(=O)O/N=C(/C)c1ccc(C(OO)C(C)(C)CC)cc1. The van der Waals surface area contributed by atoms with E-state index in [2.05, 4.69) is 10.0 Å². The third kappa shape index (κ3) is 6.41. The number of nitrogens with zero attached hydrogens (tertiary/aromatic N) is 1. The van der Waals surface area contributed by atoms with Gasteiger partial charge >= 0.3 is 10.1 Å². The van der Waals surface area contributed by atoms with E-state index < -0.39 is 16.2 Å². The second kappa shape index (κ2) is 9.31. The molecule has 0 heterocycles. The number of oxime groups is 1. The maximum atomic E-state index is 11.7. The van der Waals surface area contributed by atoms with Gasteiger partial charge in [-0.05, 0) is 36.3 Å². The molecule has 6 nitrogen and oxygen atoms in total. The lowest BCUT2D eigenvalue weighted by Crippen LogP contribution is -2.23. The fourth-order valence-electron chi connectivity index (χ4n) is 2.26. The molecule has 0 aromatic heterocycles. The molecule has 25 heavy (non-hydrogen) atoms. The van der Waals surface area contributed by atoms with Gasteiger partial charge in [-0.2, -0.15) is 8.42 Å². The smallest absolute Gasteiger partial charge is 0.268 e. The van der Waals surface area contributed by atoms with Crippen LogP contribution in [0, 0.1) is 5.41 Å². The van der Waals surface area contributed by atoms with Crippen LogP contribution < -0.4 is 0 Å². The average Bonchev–Trinajstić information content (AvgIpc) is 2.59. The molecule has 0 aliphatic heterocycles. The molecule has 0 radical (unpaired) electrons. The monoisotopic (exact) mass is 371 g/mol. The van der Waals surface area contributed by atoms with Crippen molar-refractivity contribution in [3.8, 4) is 0 Å². The molecule has 0 amide bonds. The maximum Gasteiger partial charge on any atom is 0.328 e.